The van der Waals surface area contributed by atoms with E-state index in [-0.39, 0.29) is 22.0 Å². The third-order valence-electron chi connectivity index (χ3n) is 5.21. The van der Waals surface area contributed by atoms with Crippen molar-refractivity contribution in [2.24, 2.45) is 0 Å². The van der Waals surface area contributed by atoms with Crippen molar-refractivity contribution in [1.29, 1.82) is 0 Å². The molecule has 136 valence electrons. The van der Waals surface area contributed by atoms with E-state index in [0.29, 0.717) is 6.61 Å². The molecule has 0 radical (unpaired) electrons. The summed E-state index contributed by atoms with van der Waals surface area (Å²) in [6.07, 6.45) is 2.35. The van der Waals surface area contributed by atoms with E-state index in [2.05, 4.69) is 74.3 Å². The molecule has 0 N–H and O–H groups in total. The average molecular weight is 361 g/mol. The van der Waals surface area contributed by atoms with Gasteiger partial charge in [0.25, 0.3) is 0 Å². The van der Waals surface area contributed by atoms with Gasteiger partial charge >= 0.3 is 0 Å². The fourth-order valence-electron chi connectivity index (χ4n) is 1.42. The summed E-state index contributed by atoms with van der Waals surface area (Å²) in [4.78, 5) is 0. The van der Waals surface area contributed by atoms with E-state index in [0.717, 1.165) is 0 Å². The van der Waals surface area contributed by atoms with Crippen molar-refractivity contribution in [1.82, 2.24) is 0 Å². The van der Waals surface area contributed by atoms with E-state index in [4.69, 9.17) is 8.85 Å². The first-order chi connectivity index (χ1) is 10.0. The molecule has 0 heterocycles. The summed E-state index contributed by atoms with van der Waals surface area (Å²) in [5, 5.41) is 0.190. The molecule has 0 fully saturated rings. The molecule has 0 aliphatic rings. The molecule has 23 heavy (non-hydrogen) atoms. The number of hydrogen-bond donors (Lipinski definition) is 0. The van der Waals surface area contributed by atoms with Gasteiger partial charge < -0.3 is 8.85 Å². The molecule has 0 aromatic carbocycles. The minimum Gasteiger partial charge on any atom is -0.414 e. The molecule has 2 nitrogen and oxygen atoms in total. The van der Waals surface area contributed by atoms with Crippen LogP contribution in [0.25, 0.3) is 0 Å². The van der Waals surface area contributed by atoms with Crippen LogP contribution in [0.1, 0.15) is 41.5 Å². The summed E-state index contributed by atoms with van der Waals surface area (Å²) in [7, 11) is -3.89. The van der Waals surface area contributed by atoms with Gasteiger partial charge in [0.05, 0.1) is 12.7 Å². The van der Waals surface area contributed by atoms with Crippen molar-refractivity contribution >= 4 is 16.6 Å². The van der Waals surface area contributed by atoms with E-state index >= 15 is 0 Å². The Morgan fingerprint density at radius 2 is 1.43 bits per heavy atom. The van der Waals surface area contributed by atoms with Crippen LogP contribution in [0.4, 0.5) is 4.39 Å². The molecular weight excluding hydrogens is 323 g/mol. The lowest BCUT2D eigenvalue weighted by Crippen LogP contribution is -2.47. The molecular formula is C18H37FO2Si2. The summed E-state index contributed by atoms with van der Waals surface area (Å²) in [5.41, 5.74) is 0. The van der Waals surface area contributed by atoms with Crippen LogP contribution in [0.15, 0.2) is 24.6 Å². The van der Waals surface area contributed by atoms with Crippen molar-refractivity contribution in [3.05, 3.63) is 24.6 Å². The first-order valence-electron chi connectivity index (χ1n) is 8.35. The van der Waals surface area contributed by atoms with Crippen LogP contribution in [0.5, 0.6) is 0 Å². The van der Waals surface area contributed by atoms with Crippen LogP contribution in [0, 0.1) is 0 Å². The Morgan fingerprint density at radius 1 is 1.00 bits per heavy atom. The zero-order valence-corrected chi connectivity index (χ0v) is 18.8. The van der Waals surface area contributed by atoms with Crippen LogP contribution in [-0.2, 0) is 8.85 Å². The lowest BCUT2D eigenvalue weighted by atomic mass is 10.2. The van der Waals surface area contributed by atoms with Gasteiger partial charge in [0.2, 0.25) is 0 Å². The highest BCUT2D eigenvalue weighted by Crippen LogP contribution is 2.39. The summed E-state index contributed by atoms with van der Waals surface area (Å²) >= 11 is 0. The van der Waals surface area contributed by atoms with Crippen LogP contribution < -0.4 is 0 Å². The first-order valence-corrected chi connectivity index (χ1v) is 14.2. The SMILES string of the molecule is C=C/C(F)=C\[C@H](CO[Si](C)(C)C(C)(C)C)O[Si](C)(C)C(C)(C)C. The fraction of sp³-hybridized carbons (Fsp3) is 0.778. The Kier molecular flexibility index (Phi) is 7.68. The van der Waals surface area contributed by atoms with Gasteiger partial charge in [0, 0.05) is 0 Å². The summed E-state index contributed by atoms with van der Waals surface area (Å²) in [6.45, 7) is 25.8. The molecule has 0 saturated carbocycles. The van der Waals surface area contributed by atoms with E-state index in [9.17, 15) is 4.39 Å². The fourth-order valence-corrected chi connectivity index (χ4v) is 3.68. The summed E-state index contributed by atoms with van der Waals surface area (Å²) in [6, 6.07) is 0. The highest BCUT2D eigenvalue weighted by molar-refractivity contribution is 6.74. The molecule has 5 heteroatoms. The maximum absolute atomic E-state index is 13.7. The predicted molar refractivity (Wildman–Crippen MR) is 105 cm³/mol. The van der Waals surface area contributed by atoms with Crippen LogP contribution >= 0.6 is 0 Å². The second-order valence-electron chi connectivity index (χ2n) is 9.24. The van der Waals surface area contributed by atoms with E-state index in [1.54, 1.807) is 0 Å². The molecule has 0 aliphatic heterocycles. The van der Waals surface area contributed by atoms with Gasteiger partial charge in [-0.1, -0.05) is 48.1 Å². The van der Waals surface area contributed by atoms with Crippen molar-refractivity contribution < 1.29 is 13.2 Å². The highest BCUT2D eigenvalue weighted by Gasteiger charge is 2.41. The minimum absolute atomic E-state index is 0.0702. The van der Waals surface area contributed by atoms with E-state index in [1.165, 1.54) is 12.2 Å². The standard InChI is InChI=1S/C18H37FO2Si2/c1-12-15(19)13-16(21-23(10,11)18(5,6)7)14-20-22(8,9)17(2,3)4/h12-13,16H,1,14H2,2-11H3/b15-13+/t16-/m1/s1. The first kappa shape index (κ1) is 22.8. The lowest BCUT2D eigenvalue weighted by molar-refractivity contribution is 0.139. The Morgan fingerprint density at radius 3 is 1.78 bits per heavy atom. The van der Waals surface area contributed by atoms with E-state index in [1.807, 2.05) is 0 Å². The van der Waals surface area contributed by atoms with Crippen LogP contribution in [-0.4, -0.2) is 29.3 Å². The molecule has 0 spiro atoms. The van der Waals surface area contributed by atoms with Crippen LogP contribution in [0.2, 0.25) is 36.3 Å². The maximum atomic E-state index is 13.7. The molecule has 1 atom stereocenters. The van der Waals surface area contributed by atoms with Gasteiger partial charge in [0.15, 0.2) is 16.6 Å². The molecule has 0 aromatic rings. The highest BCUT2D eigenvalue weighted by atomic mass is 28.4. The molecule has 0 saturated heterocycles. The summed E-state index contributed by atoms with van der Waals surface area (Å²) < 4.78 is 26.3. The zero-order chi connectivity index (χ0) is 18.7. The number of allylic oxidation sites excluding steroid dienone is 2. The second kappa shape index (κ2) is 7.76. The van der Waals surface area contributed by atoms with Gasteiger partial charge in [-0.3, -0.25) is 0 Å². The molecule has 0 unspecified atom stereocenters. The van der Waals surface area contributed by atoms with Crippen LogP contribution in [0.3, 0.4) is 0 Å². The smallest absolute Gasteiger partial charge is 0.193 e. The largest absolute Gasteiger partial charge is 0.414 e. The average Bonchev–Trinajstić information content (AvgIpc) is 2.32. The quantitative estimate of drug-likeness (QED) is 0.384. The second-order valence-corrected chi connectivity index (χ2v) is 18.8. The Balaban J connectivity index is 5.24. The van der Waals surface area contributed by atoms with Gasteiger partial charge in [-0.15, -0.1) is 0 Å². The summed E-state index contributed by atoms with van der Waals surface area (Å²) in [5.74, 6) is -0.354. The number of rotatable bonds is 7. The van der Waals surface area contributed by atoms with Crippen molar-refractivity contribution in [3.63, 3.8) is 0 Å². The maximum Gasteiger partial charge on any atom is 0.193 e. The van der Waals surface area contributed by atoms with Crippen molar-refractivity contribution in [2.75, 3.05) is 6.61 Å². The molecule has 0 bridgehead atoms. The zero-order valence-electron chi connectivity index (χ0n) is 16.8. The van der Waals surface area contributed by atoms with Gasteiger partial charge in [-0.25, -0.2) is 4.39 Å². The third-order valence-corrected chi connectivity index (χ3v) is 14.2. The Bertz CT molecular complexity index is 429. The van der Waals surface area contributed by atoms with Gasteiger partial charge in [-0.2, -0.15) is 0 Å². The Labute approximate surface area is 145 Å². The number of halogens is 1. The van der Waals surface area contributed by atoms with E-state index < -0.39 is 16.6 Å². The molecule has 0 amide bonds. The molecule has 0 aromatic heterocycles. The molecule has 0 aliphatic carbocycles. The minimum atomic E-state index is -2.00. The lowest BCUT2D eigenvalue weighted by Gasteiger charge is -2.41. The topological polar surface area (TPSA) is 18.5 Å². The monoisotopic (exact) mass is 360 g/mol. The predicted octanol–water partition coefficient (Wildman–Crippen LogP) is 6.44. The normalized spacial score (nSPS) is 16.4. The van der Waals surface area contributed by atoms with Gasteiger partial charge in [-0.05, 0) is 48.4 Å². The molecule has 0 rings (SSSR count). The number of hydrogen-bond acceptors (Lipinski definition) is 2. The Hall–Kier alpha value is -0.236. The van der Waals surface area contributed by atoms with Crippen molar-refractivity contribution in [2.45, 2.75) is 83.9 Å². The van der Waals surface area contributed by atoms with Gasteiger partial charge in [0.1, 0.15) is 5.83 Å². The van der Waals surface area contributed by atoms with Crippen molar-refractivity contribution in [3.8, 4) is 0 Å². The third kappa shape index (κ3) is 7.03.